The van der Waals surface area contributed by atoms with Gasteiger partial charge in [0.2, 0.25) is 0 Å². The van der Waals surface area contributed by atoms with E-state index in [0.29, 0.717) is 5.76 Å². The first-order chi connectivity index (χ1) is 12.8. The summed E-state index contributed by atoms with van der Waals surface area (Å²) in [5.74, 6) is 0.529. The summed E-state index contributed by atoms with van der Waals surface area (Å²) in [4.78, 5) is 13.0. The Kier molecular flexibility index (Phi) is 10.3. The van der Waals surface area contributed by atoms with E-state index in [2.05, 4.69) is 13.0 Å². The number of rotatable bonds is 13. The summed E-state index contributed by atoms with van der Waals surface area (Å²) in [5.41, 5.74) is 0. The zero-order valence-electron chi connectivity index (χ0n) is 16.0. The molecule has 1 aromatic rings. The van der Waals surface area contributed by atoms with Crippen LogP contribution in [0.3, 0.4) is 0 Å². The smallest absolute Gasteiger partial charge is 0.328 e. The van der Waals surface area contributed by atoms with Crippen LogP contribution in [0.15, 0.2) is 59.2 Å². The van der Waals surface area contributed by atoms with E-state index in [-0.39, 0.29) is 11.2 Å². The zero-order chi connectivity index (χ0) is 18.5. The van der Waals surface area contributed by atoms with E-state index in [9.17, 15) is 4.79 Å². The van der Waals surface area contributed by atoms with E-state index in [1.807, 2.05) is 42.5 Å². The Morgan fingerprint density at radius 2 is 1.62 bits per heavy atom. The number of thioether (sulfide) groups is 1. The second-order valence-electron chi connectivity index (χ2n) is 6.86. The van der Waals surface area contributed by atoms with Crippen molar-refractivity contribution in [2.24, 2.45) is 0 Å². The molecule has 1 unspecified atom stereocenters. The van der Waals surface area contributed by atoms with E-state index in [1.54, 1.807) is 0 Å². The molecule has 0 aliphatic carbocycles. The van der Waals surface area contributed by atoms with Crippen molar-refractivity contribution in [1.82, 2.24) is 0 Å². The van der Waals surface area contributed by atoms with Gasteiger partial charge in [-0.1, -0.05) is 82.6 Å². The molecule has 0 saturated carbocycles. The SMILES string of the molecule is CCCCCCCCCCC/C=C/C1=CC(Sc2ccccc2)C(=O)O1. The zero-order valence-corrected chi connectivity index (χ0v) is 16.8. The lowest BCUT2D eigenvalue weighted by molar-refractivity contribution is -0.135. The van der Waals surface area contributed by atoms with Gasteiger partial charge in [-0.3, -0.25) is 4.79 Å². The van der Waals surface area contributed by atoms with Gasteiger partial charge in [0.1, 0.15) is 11.0 Å². The maximum atomic E-state index is 12.0. The van der Waals surface area contributed by atoms with Crippen molar-refractivity contribution < 1.29 is 9.53 Å². The summed E-state index contributed by atoms with van der Waals surface area (Å²) in [7, 11) is 0. The second kappa shape index (κ2) is 12.8. The standard InChI is InChI=1S/C23H32O2S/c1-2-3-4-5-6-7-8-9-10-11-13-16-20-19-22(23(24)25-20)26-21-17-14-12-15-18-21/h12-19,22H,2-11H2,1H3/b16-13+. The third-order valence-electron chi connectivity index (χ3n) is 4.53. The third kappa shape index (κ3) is 8.27. The van der Waals surface area contributed by atoms with Crippen LogP contribution in [0.1, 0.15) is 71.1 Å². The van der Waals surface area contributed by atoms with Crippen molar-refractivity contribution in [3.8, 4) is 0 Å². The Labute approximate surface area is 163 Å². The summed E-state index contributed by atoms with van der Waals surface area (Å²) >= 11 is 1.54. The lowest BCUT2D eigenvalue weighted by atomic mass is 10.1. The Morgan fingerprint density at radius 3 is 2.31 bits per heavy atom. The summed E-state index contributed by atoms with van der Waals surface area (Å²) in [6.45, 7) is 2.26. The van der Waals surface area contributed by atoms with Crippen LogP contribution in [0.4, 0.5) is 0 Å². The quantitative estimate of drug-likeness (QED) is 0.274. The Morgan fingerprint density at radius 1 is 0.962 bits per heavy atom. The molecule has 0 bridgehead atoms. The van der Waals surface area contributed by atoms with Gasteiger partial charge in [-0.2, -0.15) is 0 Å². The molecule has 0 N–H and O–H groups in total. The number of hydrogen-bond donors (Lipinski definition) is 0. The molecular formula is C23H32O2S. The highest BCUT2D eigenvalue weighted by molar-refractivity contribution is 8.00. The first-order valence-electron chi connectivity index (χ1n) is 10.1. The molecule has 1 aliphatic rings. The van der Waals surface area contributed by atoms with Gasteiger partial charge in [-0.25, -0.2) is 0 Å². The number of esters is 1. The van der Waals surface area contributed by atoms with Crippen molar-refractivity contribution in [1.29, 1.82) is 0 Å². The van der Waals surface area contributed by atoms with Gasteiger partial charge in [0.25, 0.3) is 0 Å². The van der Waals surface area contributed by atoms with Gasteiger partial charge in [0.05, 0.1) is 0 Å². The highest BCUT2D eigenvalue weighted by Crippen LogP contribution is 2.30. The minimum Gasteiger partial charge on any atom is -0.426 e. The van der Waals surface area contributed by atoms with E-state index >= 15 is 0 Å². The molecule has 0 radical (unpaired) electrons. The fourth-order valence-electron chi connectivity index (χ4n) is 3.02. The molecule has 26 heavy (non-hydrogen) atoms. The number of cyclic esters (lactones) is 1. The van der Waals surface area contributed by atoms with E-state index in [4.69, 9.17) is 4.74 Å². The predicted octanol–water partition coefficient (Wildman–Crippen LogP) is 7.07. The molecule has 2 rings (SSSR count). The van der Waals surface area contributed by atoms with Gasteiger partial charge >= 0.3 is 5.97 Å². The first-order valence-corrected chi connectivity index (χ1v) is 11.0. The number of allylic oxidation sites excluding steroid dienone is 2. The Balaban J connectivity index is 1.57. The van der Waals surface area contributed by atoms with E-state index in [1.165, 1.54) is 69.5 Å². The third-order valence-corrected chi connectivity index (χ3v) is 5.66. The van der Waals surface area contributed by atoms with Crippen LogP contribution >= 0.6 is 11.8 Å². The lowest BCUT2D eigenvalue weighted by Crippen LogP contribution is -2.09. The topological polar surface area (TPSA) is 26.3 Å². The molecule has 1 aliphatic heterocycles. The molecule has 1 atom stereocenters. The minimum absolute atomic E-state index is 0.165. The van der Waals surface area contributed by atoms with Crippen molar-refractivity contribution in [2.45, 2.75) is 81.3 Å². The van der Waals surface area contributed by atoms with Crippen LogP contribution in [0.2, 0.25) is 0 Å². The molecule has 0 spiro atoms. The highest BCUT2D eigenvalue weighted by atomic mass is 32.2. The van der Waals surface area contributed by atoms with Gasteiger partial charge in [-0.05, 0) is 37.1 Å². The van der Waals surface area contributed by atoms with Crippen molar-refractivity contribution in [3.05, 3.63) is 54.3 Å². The number of carbonyl (C=O) groups is 1. The predicted molar refractivity (Wildman–Crippen MR) is 111 cm³/mol. The van der Waals surface area contributed by atoms with Gasteiger partial charge in [0, 0.05) is 4.90 Å². The van der Waals surface area contributed by atoms with Crippen LogP contribution in [0.5, 0.6) is 0 Å². The molecular weight excluding hydrogens is 340 g/mol. The summed E-state index contributed by atoms with van der Waals surface area (Å²) in [5, 5.41) is -0.232. The monoisotopic (exact) mass is 372 g/mol. The van der Waals surface area contributed by atoms with E-state index < -0.39 is 0 Å². The van der Waals surface area contributed by atoms with Crippen molar-refractivity contribution >= 4 is 17.7 Å². The molecule has 0 saturated heterocycles. The molecule has 1 heterocycles. The Bertz CT molecular complexity index is 577. The lowest BCUT2D eigenvalue weighted by Gasteiger charge is -2.03. The number of carbonyl (C=O) groups excluding carboxylic acids is 1. The average molecular weight is 373 g/mol. The summed E-state index contributed by atoms with van der Waals surface area (Å²) < 4.78 is 5.35. The summed E-state index contributed by atoms with van der Waals surface area (Å²) in [6, 6.07) is 9.98. The molecule has 3 heteroatoms. The second-order valence-corrected chi connectivity index (χ2v) is 8.08. The molecule has 142 valence electrons. The molecule has 0 fully saturated rings. The number of benzene rings is 1. The van der Waals surface area contributed by atoms with Gasteiger partial charge < -0.3 is 4.74 Å². The molecule has 0 aromatic heterocycles. The van der Waals surface area contributed by atoms with Crippen molar-refractivity contribution in [2.75, 3.05) is 0 Å². The molecule has 0 amide bonds. The first kappa shape index (κ1) is 20.8. The van der Waals surface area contributed by atoms with Crippen LogP contribution < -0.4 is 0 Å². The fourth-order valence-corrected chi connectivity index (χ4v) is 3.97. The highest BCUT2D eigenvalue weighted by Gasteiger charge is 2.26. The van der Waals surface area contributed by atoms with Crippen LogP contribution in [0.25, 0.3) is 0 Å². The normalized spacial score (nSPS) is 16.9. The molecule has 1 aromatic carbocycles. The average Bonchev–Trinajstić information content (AvgIpc) is 3.00. The maximum absolute atomic E-state index is 12.0. The number of ether oxygens (including phenoxy) is 1. The maximum Gasteiger partial charge on any atom is 0.328 e. The Hall–Kier alpha value is -1.48. The fraction of sp³-hybridized carbons (Fsp3) is 0.522. The van der Waals surface area contributed by atoms with Crippen molar-refractivity contribution in [3.63, 3.8) is 0 Å². The number of unbranched alkanes of at least 4 members (excludes halogenated alkanes) is 9. The van der Waals surface area contributed by atoms with Gasteiger partial charge in [-0.15, -0.1) is 11.8 Å². The van der Waals surface area contributed by atoms with Crippen LogP contribution in [-0.4, -0.2) is 11.2 Å². The number of hydrogen-bond acceptors (Lipinski definition) is 3. The summed E-state index contributed by atoms with van der Waals surface area (Å²) in [6.07, 6.45) is 19.2. The van der Waals surface area contributed by atoms with E-state index in [0.717, 1.165) is 11.3 Å². The largest absolute Gasteiger partial charge is 0.426 e. The van der Waals surface area contributed by atoms with Crippen LogP contribution in [0, 0.1) is 0 Å². The minimum atomic E-state index is -0.232. The molecule has 2 nitrogen and oxygen atoms in total. The van der Waals surface area contributed by atoms with Crippen LogP contribution in [-0.2, 0) is 9.53 Å². The van der Waals surface area contributed by atoms with Gasteiger partial charge in [0.15, 0.2) is 0 Å².